The highest BCUT2D eigenvalue weighted by Crippen LogP contribution is 2.51. The summed E-state index contributed by atoms with van der Waals surface area (Å²) in [5.41, 5.74) is -1.49. The summed E-state index contributed by atoms with van der Waals surface area (Å²) in [5, 5.41) is 25.5. The molecule has 2 aliphatic carbocycles. The van der Waals surface area contributed by atoms with Gasteiger partial charge in [0.1, 0.15) is 28.7 Å². The number of halogens is 3. The number of nitrogens with zero attached hydrogens (tertiary/aromatic N) is 4. The van der Waals surface area contributed by atoms with Gasteiger partial charge in [0.2, 0.25) is 0 Å². The van der Waals surface area contributed by atoms with Gasteiger partial charge in [-0.25, -0.2) is 13.2 Å². The summed E-state index contributed by atoms with van der Waals surface area (Å²) in [5.74, 6) is 0.174. The van der Waals surface area contributed by atoms with Crippen LogP contribution in [-0.4, -0.2) is 81.6 Å². The number of aromatic nitrogens is 2. The van der Waals surface area contributed by atoms with Crippen LogP contribution in [0.5, 0.6) is 11.8 Å². The number of hydrogen-bond acceptors (Lipinski definition) is 8. The maximum atomic E-state index is 16.9. The lowest BCUT2D eigenvalue weighted by molar-refractivity contribution is -0.0217. The van der Waals surface area contributed by atoms with E-state index in [9.17, 15) is 14.6 Å². The van der Waals surface area contributed by atoms with E-state index in [4.69, 9.17) is 16.1 Å². The first-order valence-electron chi connectivity index (χ1n) is 17.2. The summed E-state index contributed by atoms with van der Waals surface area (Å²) in [7, 11) is 0. The van der Waals surface area contributed by atoms with Gasteiger partial charge < -0.3 is 25.2 Å². The van der Waals surface area contributed by atoms with E-state index in [0.29, 0.717) is 36.9 Å². The Bertz CT molecular complexity index is 2070. The van der Waals surface area contributed by atoms with E-state index in [1.54, 1.807) is 0 Å². The number of piperazine rings is 1. The molecule has 0 spiro atoms. The predicted octanol–water partition coefficient (Wildman–Crippen LogP) is 5.50. The number of fused-ring (bicyclic) bond motifs is 6. The average Bonchev–Trinajstić information content (AvgIpc) is 3.44. The van der Waals surface area contributed by atoms with Crippen molar-refractivity contribution in [2.75, 3.05) is 37.7 Å². The van der Waals surface area contributed by atoms with Gasteiger partial charge in [0.25, 0.3) is 0 Å². The highest BCUT2D eigenvalue weighted by atomic mass is 19.1. The second-order valence-electron chi connectivity index (χ2n) is 15.3. The van der Waals surface area contributed by atoms with Gasteiger partial charge >= 0.3 is 6.01 Å². The molecule has 3 aromatic carbocycles. The Labute approximate surface area is 282 Å². The number of anilines is 1. The summed E-state index contributed by atoms with van der Waals surface area (Å²) in [6.45, 7) is 5.27. The van der Waals surface area contributed by atoms with Crippen LogP contribution < -0.4 is 15.0 Å². The Morgan fingerprint density at radius 3 is 2.51 bits per heavy atom. The molecule has 0 amide bonds. The summed E-state index contributed by atoms with van der Waals surface area (Å²) >= 11 is 0. The number of likely N-dealkylation sites (tertiary alicyclic amines) is 1. The van der Waals surface area contributed by atoms with Gasteiger partial charge in [-0.05, 0) is 75.1 Å². The molecule has 3 aliphatic heterocycles. The van der Waals surface area contributed by atoms with Crippen molar-refractivity contribution in [1.82, 2.24) is 20.2 Å². The Kier molecular flexibility index (Phi) is 6.90. The molecule has 0 radical (unpaired) electrons. The van der Waals surface area contributed by atoms with Crippen molar-refractivity contribution >= 4 is 27.5 Å². The third-order valence-electron chi connectivity index (χ3n) is 11.9. The Hall–Kier alpha value is -4.11. The number of ether oxygens (including phenoxy) is 1. The molecule has 8 nitrogen and oxygen atoms in total. The number of phenols is 1. The van der Waals surface area contributed by atoms with Gasteiger partial charge in [-0.1, -0.05) is 12.0 Å². The summed E-state index contributed by atoms with van der Waals surface area (Å²) in [4.78, 5) is 13.9. The highest BCUT2D eigenvalue weighted by molar-refractivity contribution is 6.04. The third kappa shape index (κ3) is 5.10. The zero-order chi connectivity index (χ0) is 33.8. The van der Waals surface area contributed by atoms with E-state index >= 15 is 8.78 Å². The molecule has 4 heterocycles. The first-order valence-corrected chi connectivity index (χ1v) is 17.2. The quantitative estimate of drug-likeness (QED) is 0.222. The van der Waals surface area contributed by atoms with Gasteiger partial charge in [0.15, 0.2) is 5.82 Å². The van der Waals surface area contributed by atoms with E-state index in [2.05, 4.69) is 26.0 Å². The molecule has 1 aromatic heterocycles. The molecule has 49 heavy (non-hydrogen) atoms. The number of aliphatic hydroxyl groups is 1. The van der Waals surface area contributed by atoms with Crippen molar-refractivity contribution < 1.29 is 28.1 Å². The molecule has 9 rings (SSSR count). The summed E-state index contributed by atoms with van der Waals surface area (Å²) < 4.78 is 54.4. The number of benzene rings is 3. The molecule has 5 atom stereocenters. The monoisotopic (exact) mass is 669 g/mol. The van der Waals surface area contributed by atoms with Crippen molar-refractivity contribution in [3.8, 4) is 35.2 Å². The molecule has 5 fully saturated rings. The number of hydrogen-bond donors (Lipinski definition) is 3. The first kappa shape index (κ1) is 30.9. The molecule has 5 unspecified atom stereocenters. The van der Waals surface area contributed by atoms with Crippen molar-refractivity contribution in [3.63, 3.8) is 0 Å². The lowest BCUT2D eigenvalue weighted by Crippen LogP contribution is -2.51. The maximum Gasteiger partial charge on any atom is 0.319 e. The normalized spacial score (nSPS) is 28.4. The van der Waals surface area contributed by atoms with Gasteiger partial charge in [-0.3, -0.25) is 4.90 Å². The lowest BCUT2D eigenvalue weighted by atomic mass is 9.91. The molecule has 3 saturated heterocycles. The van der Waals surface area contributed by atoms with Crippen LogP contribution in [0, 0.1) is 41.1 Å². The van der Waals surface area contributed by atoms with Crippen molar-refractivity contribution in [2.45, 2.75) is 69.2 Å². The smallest absolute Gasteiger partial charge is 0.319 e. The minimum Gasteiger partial charge on any atom is -0.508 e. The fraction of sp³-hybridized carbons (Fsp3) is 0.474. The van der Waals surface area contributed by atoms with Crippen LogP contribution in [0.15, 0.2) is 30.3 Å². The van der Waals surface area contributed by atoms with E-state index in [1.807, 2.05) is 6.92 Å². The van der Waals surface area contributed by atoms with Crippen LogP contribution in [-0.2, 0) is 0 Å². The van der Waals surface area contributed by atoms with E-state index < -0.39 is 28.6 Å². The van der Waals surface area contributed by atoms with E-state index in [-0.39, 0.29) is 62.6 Å². The topological polar surface area (TPSA) is 94.0 Å². The average molecular weight is 670 g/mol. The van der Waals surface area contributed by atoms with Crippen LogP contribution in [0.3, 0.4) is 0 Å². The second kappa shape index (κ2) is 10.9. The first-order chi connectivity index (χ1) is 23.5. The Balaban J connectivity index is 1.12. The predicted molar refractivity (Wildman–Crippen MR) is 180 cm³/mol. The number of aromatic hydroxyl groups is 1. The fourth-order valence-corrected chi connectivity index (χ4v) is 9.10. The van der Waals surface area contributed by atoms with Gasteiger partial charge in [0, 0.05) is 72.0 Å². The minimum absolute atomic E-state index is 0.0121. The van der Waals surface area contributed by atoms with Gasteiger partial charge in [0.05, 0.1) is 23.3 Å². The highest BCUT2D eigenvalue weighted by Gasteiger charge is 2.54. The number of rotatable bonds is 7. The summed E-state index contributed by atoms with van der Waals surface area (Å²) in [6.07, 6.45) is 11.5. The number of terminal acetylenes is 1. The second-order valence-corrected chi connectivity index (χ2v) is 15.3. The number of piperidine rings is 1. The van der Waals surface area contributed by atoms with Crippen LogP contribution >= 0.6 is 0 Å². The maximum absolute atomic E-state index is 16.9. The minimum atomic E-state index is -0.970. The van der Waals surface area contributed by atoms with Crippen LogP contribution in [0.2, 0.25) is 0 Å². The number of phenolic OH excluding ortho intramolecular Hbond substituents is 1. The van der Waals surface area contributed by atoms with Crippen LogP contribution in [0.25, 0.3) is 32.8 Å². The zero-order valence-electron chi connectivity index (χ0n) is 27.3. The Morgan fingerprint density at radius 1 is 1.06 bits per heavy atom. The van der Waals surface area contributed by atoms with E-state index in [1.165, 1.54) is 30.3 Å². The molecular formula is C38H38F3N5O3. The van der Waals surface area contributed by atoms with Crippen molar-refractivity contribution in [2.24, 2.45) is 11.3 Å². The van der Waals surface area contributed by atoms with Crippen LogP contribution in [0.1, 0.15) is 51.0 Å². The molecule has 5 aliphatic rings. The third-order valence-corrected chi connectivity index (χ3v) is 11.9. The zero-order valence-corrected chi connectivity index (χ0v) is 27.3. The van der Waals surface area contributed by atoms with Gasteiger partial charge in [-0.15, -0.1) is 6.42 Å². The fourth-order valence-electron chi connectivity index (χ4n) is 9.10. The molecule has 254 valence electrons. The van der Waals surface area contributed by atoms with E-state index in [0.717, 1.165) is 51.6 Å². The number of nitrogens with one attached hydrogen (secondary N) is 1. The van der Waals surface area contributed by atoms with Crippen molar-refractivity contribution in [1.29, 1.82) is 0 Å². The molecule has 3 N–H and O–H groups in total. The Morgan fingerprint density at radius 2 is 1.84 bits per heavy atom. The standard InChI is InChI=1S/C38H38F3N5O3/c1-3-26-29(39)7-4-20-10-25(47)12-27(31(20)26)32-30(40)13-28-34(33(32)41)43-36(44-35(28)45-16-22-5-6-23(17-45)42-22)49-19-38(8-9-38)18-46-15-21-11-24(46)14-37(21,2)48/h1,4,7,10,12-13,21-24,42,47-48H,5-6,8-9,11,14-19H2,2H3. The molecule has 4 aromatic rings. The summed E-state index contributed by atoms with van der Waals surface area (Å²) in [6, 6.07) is 7.24. The molecular weight excluding hydrogens is 631 g/mol. The van der Waals surface area contributed by atoms with Crippen LogP contribution in [0.4, 0.5) is 19.0 Å². The lowest BCUT2D eigenvalue weighted by Gasteiger charge is -2.37. The molecule has 4 bridgehead atoms. The SMILES string of the molecule is C#Cc1c(F)ccc2cc(O)cc(-c3c(F)cc4c(N5CC6CCC(C5)N6)nc(OCC5(CN6CC7CC6CC7(C)O)CC5)nc4c3F)c12. The van der Waals surface area contributed by atoms with Gasteiger partial charge in [-0.2, -0.15) is 9.97 Å². The van der Waals surface area contributed by atoms with Crippen molar-refractivity contribution in [3.05, 3.63) is 53.3 Å². The largest absolute Gasteiger partial charge is 0.508 e. The molecule has 11 heteroatoms. The molecule has 2 saturated carbocycles.